The second-order valence-corrected chi connectivity index (χ2v) is 8.29. The van der Waals surface area contributed by atoms with Gasteiger partial charge in [0.15, 0.2) is 0 Å². The number of carbonyl (C=O) groups is 1. The second-order valence-electron chi connectivity index (χ2n) is 6.56. The average molecular weight is 462 g/mol. The van der Waals surface area contributed by atoms with Crippen molar-refractivity contribution in [3.8, 4) is 0 Å². The Kier molecular flexibility index (Phi) is 4.97. The monoisotopic (exact) mass is 460 g/mol. The Labute approximate surface area is 175 Å². The van der Waals surface area contributed by atoms with Gasteiger partial charge in [-0.1, -0.05) is 53.5 Å². The Morgan fingerprint density at radius 2 is 1.85 bits per heavy atom. The molecule has 0 radical (unpaired) electrons. The first-order chi connectivity index (χ1) is 13.0. The number of hydrogen-bond acceptors (Lipinski definition) is 2. The molecule has 1 aliphatic carbocycles. The van der Waals surface area contributed by atoms with Gasteiger partial charge in [-0.05, 0) is 58.2 Å². The van der Waals surface area contributed by atoms with Crippen LogP contribution in [0, 0.1) is 0 Å². The maximum absolute atomic E-state index is 12.7. The number of aromatic nitrogens is 1. The van der Waals surface area contributed by atoms with E-state index in [0.29, 0.717) is 15.6 Å². The molecule has 1 aromatic heterocycles. The van der Waals surface area contributed by atoms with Gasteiger partial charge in [-0.2, -0.15) is 0 Å². The zero-order valence-electron chi connectivity index (χ0n) is 14.1. The van der Waals surface area contributed by atoms with Crippen molar-refractivity contribution in [2.45, 2.75) is 17.9 Å². The standard InChI is InChI=1S/C21H15BrCl2N2O/c22-15-7-9-18(25-12-15)21(14-4-2-1-3-5-14)11-19(21)26-20(27)13-6-8-16(23)17(24)10-13/h1-10,12,19H,11H2,(H,26,27). The normalized spacial score (nSPS) is 20.9. The molecule has 1 aliphatic rings. The van der Waals surface area contributed by atoms with Gasteiger partial charge in [0.25, 0.3) is 5.91 Å². The summed E-state index contributed by atoms with van der Waals surface area (Å²) >= 11 is 15.4. The topological polar surface area (TPSA) is 42.0 Å². The third-order valence-corrected chi connectivity index (χ3v) is 6.13. The lowest BCUT2D eigenvalue weighted by Crippen LogP contribution is -2.32. The third-order valence-electron chi connectivity index (χ3n) is 4.92. The van der Waals surface area contributed by atoms with E-state index in [1.807, 2.05) is 30.3 Å². The zero-order valence-corrected chi connectivity index (χ0v) is 17.2. The molecule has 1 fully saturated rings. The Balaban J connectivity index is 1.64. The van der Waals surface area contributed by atoms with Crippen LogP contribution in [0.3, 0.4) is 0 Å². The minimum Gasteiger partial charge on any atom is -0.348 e. The van der Waals surface area contributed by atoms with Gasteiger partial charge in [-0.15, -0.1) is 0 Å². The summed E-state index contributed by atoms with van der Waals surface area (Å²) in [6.45, 7) is 0. The lowest BCUT2D eigenvalue weighted by Gasteiger charge is -2.18. The van der Waals surface area contributed by atoms with Crippen molar-refractivity contribution in [3.05, 3.63) is 98.2 Å². The molecule has 1 saturated carbocycles. The van der Waals surface area contributed by atoms with Crippen LogP contribution in [0.4, 0.5) is 0 Å². The molecule has 2 aromatic carbocycles. The highest BCUT2D eigenvalue weighted by Gasteiger charge is 2.58. The number of benzene rings is 2. The van der Waals surface area contributed by atoms with E-state index < -0.39 is 0 Å². The SMILES string of the molecule is O=C(NC1CC1(c1ccccc1)c1ccc(Br)cn1)c1ccc(Cl)c(Cl)c1. The van der Waals surface area contributed by atoms with Crippen LogP contribution in [0.1, 0.15) is 28.0 Å². The van der Waals surface area contributed by atoms with Gasteiger partial charge < -0.3 is 5.32 Å². The van der Waals surface area contributed by atoms with Gasteiger partial charge in [0, 0.05) is 22.3 Å². The van der Waals surface area contributed by atoms with Crippen molar-refractivity contribution in [1.82, 2.24) is 10.3 Å². The van der Waals surface area contributed by atoms with E-state index in [4.69, 9.17) is 23.2 Å². The van der Waals surface area contributed by atoms with Crippen LogP contribution in [-0.4, -0.2) is 16.9 Å². The Hall–Kier alpha value is -1.88. The average Bonchev–Trinajstić information content (AvgIpc) is 3.40. The highest BCUT2D eigenvalue weighted by Crippen LogP contribution is 2.53. The summed E-state index contributed by atoms with van der Waals surface area (Å²) in [5, 5.41) is 3.92. The van der Waals surface area contributed by atoms with Gasteiger partial charge in [-0.25, -0.2) is 0 Å². The molecule has 2 unspecified atom stereocenters. The molecule has 3 nitrogen and oxygen atoms in total. The van der Waals surface area contributed by atoms with Crippen LogP contribution in [0.25, 0.3) is 0 Å². The van der Waals surface area contributed by atoms with Crippen molar-refractivity contribution in [2.24, 2.45) is 0 Å². The molecule has 3 aromatic rings. The van der Waals surface area contributed by atoms with E-state index in [9.17, 15) is 4.79 Å². The molecular formula is C21H15BrCl2N2O. The van der Waals surface area contributed by atoms with Gasteiger partial charge in [-0.3, -0.25) is 9.78 Å². The number of pyridine rings is 1. The van der Waals surface area contributed by atoms with Crippen LogP contribution in [0.2, 0.25) is 10.0 Å². The molecule has 136 valence electrons. The predicted molar refractivity (Wildman–Crippen MR) is 111 cm³/mol. The summed E-state index contributed by atoms with van der Waals surface area (Å²) in [6, 6.07) is 19.0. The van der Waals surface area contributed by atoms with Crippen molar-refractivity contribution >= 4 is 45.0 Å². The molecule has 0 spiro atoms. The molecule has 1 heterocycles. The number of rotatable bonds is 4. The van der Waals surface area contributed by atoms with Gasteiger partial charge in [0.05, 0.1) is 21.2 Å². The fourth-order valence-corrected chi connectivity index (χ4v) is 3.97. The van der Waals surface area contributed by atoms with Crippen LogP contribution < -0.4 is 5.32 Å². The van der Waals surface area contributed by atoms with Crippen LogP contribution in [0.15, 0.2) is 71.3 Å². The molecule has 27 heavy (non-hydrogen) atoms. The van der Waals surface area contributed by atoms with E-state index in [1.54, 1.807) is 24.4 Å². The fraction of sp³-hybridized carbons (Fsp3) is 0.143. The number of hydrogen-bond donors (Lipinski definition) is 1. The first-order valence-corrected chi connectivity index (χ1v) is 9.99. The van der Waals surface area contributed by atoms with Crippen molar-refractivity contribution in [1.29, 1.82) is 0 Å². The molecule has 1 amide bonds. The maximum atomic E-state index is 12.7. The Morgan fingerprint density at radius 1 is 1.07 bits per heavy atom. The van der Waals surface area contributed by atoms with Crippen molar-refractivity contribution in [2.75, 3.05) is 0 Å². The van der Waals surface area contributed by atoms with E-state index in [2.05, 4.69) is 38.4 Å². The lowest BCUT2D eigenvalue weighted by molar-refractivity contribution is 0.0948. The number of halogens is 3. The summed E-state index contributed by atoms with van der Waals surface area (Å²) in [5.41, 5.74) is 2.24. The summed E-state index contributed by atoms with van der Waals surface area (Å²) in [5.74, 6) is -0.173. The van der Waals surface area contributed by atoms with Crippen LogP contribution in [0.5, 0.6) is 0 Å². The molecule has 4 rings (SSSR count). The number of amides is 1. The molecule has 2 atom stereocenters. The van der Waals surface area contributed by atoms with Crippen LogP contribution >= 0.6 is 39.1 Å². The first kappa shape index (κ1) is 18.5. The van der Waals surface area contributed by atoms with E-state index in [0.717, 1.165) is 22.2 Å². The van der Waals surface area contributed by atoms with E-state index >= 15 is 0 Å². The number of carbonyl (C=O) groups excluding carboxylic acids is 1. The van der Waals surface area contributed by atoms with Crippen molar-refractivity contribution < 1.29 is 4.79 Å². The fourth-order valence-electron chi connectivity index (χ4n) is 3.44. The maximum Gasteiger partial charge on any atom is 0.251 e. The smallest absolute Gasteiger partial charge is 0.251 e. The van der Waals surface area contributed by atoms with E-state index in [1.165, 1.54) is 0 Å². The molecule has 6 heteroatoms. The van der Waals surface area contributed by atoms with E-state index in [-0.39, 0.29) is 17.4 Å². The Morgan fingerprint density at radius 3 is 2.52 bits per heavy atom. The minimum atomic E-state index is -0.326. The summed E-state index contributed by atoms with van der Waals surface area (Å²) in [4.78, 5) is 17.3. The largest absolute Gasteiger partial charge is 0.348 e. The molecule has 0 saturated heterocycles. The molecule has 1 N–H and O–H groups in total. The molecular weight excluding hydrogens is 447 g/mol. The highest BCUT2D eigenvalue weighted by atomic mass is 79.9. The third kappa shape index (κ3) is 3.49. The highest BCUT2D eigenvalue weighted by molar-refractivity contribution is 9.10. The molecule has 0 aliphatic heterocycles. The molecule has 0 bridgehead atoms. The van der Waals surface area contributed by atoms with Gasteiger partial charge in [0.1, 0.15) is 0 Å². The van der Waals surface area contributed by atoms with Gasteiger partial charge >= 0.3 is 0 Å². The quantitative estimate of drug-likeness (QED) is 0.546. The number of nitrogens with zero attached hydrogens (tertiary/aromatic N) is 1. The minimum absolute atomic E-state index is 0.0458. The zero-order chi connectivity index (χ0) is 19.0. The summed E-state index contributed by atoms with van der Waals surface area (Å²) in [7, 11) is 0. The summed E-state index contributed by atoms with van der Waals surface area (Å²) < 4.78 is 0.923. The predicted octanol–water partition coefficient (Wildman–Crippen LogP) is 5.64. The van der Waals surface area contributed by atoms with Gasteiger partial charge in [0.2, 0.25) is 0 Å². The van der Waals surface area contributed by atoms with Crippen LogP contribution in [-0.2, 0) is 5.41 Å². The number of nitrogens with one attached hydrogen (secondary N) is 1. The lowest BCUT2D eigenvalue weighted by atomic mass is 9.91. The second kappa shape index (κ2) is 7.27. The van der Waals surface area contributed by atoms with Crippen molar-refractivity contribution in [3.63, 3.8) is 0 Å². The summed E-state index contributed by atoms with van der Waals surface area (Å²) in [6.07, 6.45) is 2.58. The first-order valence-electron chi connectivity index (χ1n) is 8.44. The Bertz CT molecular complexity index is 995.